The van der Waals surface area contributed by atoms with Crippen LogP contribution in [0.15, 0.2) is 82.0 Å². The third kappa shape index (κ3) is 4.52. The Labute approximate surface area is 230 Å². The van der Waals surface area contributed by atoms with E-state index in [4.69, 9.17) is 14.2 Å². The van der Waals surface area contributed by atoms with Gasteiger partial charge in [-0.15, -0.1) is 0 Å². The predicted molar refractivity (Wildman–Crippen MR) is 149 cm³/mol. The van der Waals surface area contributed by atoms with Crippen LogP contribution in [0.3, 0.4) is 0 Å². The third-order valence-corrected chi connectivity index (χ3v) is 7.53. The van der Waals surface area contributed by atoms with Crippen LogP contribution in [0, 0.1) is 6.92 Å². The lowest BCUT2D eigenvalue weighted by atomic mass is 9.79. The predicted octanol–water partition coefficient (Wildman–Crippen LogP) is 6.48. The molecule has 0 amide bonds. The molecule has 0 radical (unpaired) electrons. The molecule has 38 heavy (non-hydrogen) atoms. The minimum atomic E-state index is -0.668. The van der Waals surface area contributed by atoms with Crippen molar-refractivity contribution in [3.63, 3.8) is 0 Å². The Morgan fingerprint density at radius 1 is 0.974 bits per heavy atom. The van der Waals surface area contributed by atoms with Gasteiger partial charge in [0.25, 0.3) is 0 Å². The van der Waals surface area contributed by atoms with Crippen LogP contribution >= 0.6 is 15.9 Å². The minimum Gasteiger partial charge on any atom is -0.490 e. The van der Waals surface area contributed by atoms with Crippen LogP contribution < -0.4 is 14.8 Å². The summed E-state index contributed by atoms with van der Waals surface area (Å²) in [4.78, 5) is 26.8. The second-order valence-corrected chi connectivity index (χ2v) is 10.1. The van der Waals surface area contributed by atoms with E-state index in [-0.39, 0.29) is 5.78 Å². The Bertz CT molecular complexity index is 1500. The highest BCUT2D eigenvalue weighted by atomic mass is 79.9. The summed E-state index contributed by atoms with van der Waals surface area (Å²) in [6, 6.07) is 19.3. The van der Waals surface area contributed by atoms with Crippen molar-refractivity contribution < 1.29 is 23.8 Å². The van der Waals surface area contributed by atoms with Gasteiger partial charge in [0.05, 0.1) is 30.9 Å². The van der Waals surface area contributed by atoms with Gasteiger partial charge in [-0.05, 0) is 44.0 Å². The number of carbonyl (C=O) groups is 2. The number of carbonyl (C=O) groups excluding carboxylic acids is 2. The Morgan fingerprint density at radius 2 is 1.66 bits per heavy atom. The molecule has 2 aliphatic rings. The van der Waals surface area contributed by atoms with Gasteiger partial charge in [-0.1, -0.05) is 70.0 Å². The van der Waals surface area contributed by atoms with Crippen molar-refractivity contribution in [2.45, 2.75) is 33.3 Å². The van der Waals surface area contributed by atoms with E-state index in [0.717, 1.165) is 11.1 Å². The van der Waals surface area contributed by atoms with Gasteiger partial charge >= 0.3 is 5.97 Å². The summed E-state index contributed by atoms with van der Waals surface area (Å²) < 4.78 is 18.0. The van der Waals surface area contributed by atoms with Gasteiger partial charge in [0.1, 0.15) is 6.61 Å². The van der Waals surface area contributed by atoms with E-state index in [0.29, 0.717) is 62.9 Å². The maximum atomic E-state index is 13.7. The summed E-state index contributed by atoms with van der Waals surface area (Å²) in [5.74, 6) is -0.194. The first-order valence-corrected chi connectivity index (χ1v) is 13.2. The summed E-state index contributed by atoms with van der Waals surface area (Å²) in [7, 11) is 1.34. The first-order valence-electron chi connectivity index (χ1n) is 12.4. The molecule has 0 saturated carbocycles. The molecule has 0 aromatic heterocycles. The number of ether oxygens (including phenoxy) is 3. The molecule has 1 aliphatic heterocycles. The zero-order valence-electron chi connectivity index (χ0n) is 21.7. The summed E-state index contributed by atoms with van der Waals surface area (Å²) in [5, 5.41) is 3.31. The average molecular weight is 574 g/mol. The number of nitrogens with one attached hydrogen (secondary N) is 1. The minimum absolute atomic E-state index is 0.119. The number of halogens is 1. The van der Waals surface area contributed by atoms with E-state index in [2.05, 4.69) is 21.2 Å². The Morgan fingerprint density at radius 3 is 2.34 bits per heavy atom. The summed E-state index contributed by atoms with van der Waals surface area (Å²) in [6.45, 7) is 6.56. The summed E-state index contributed by atoms with van der Waals surface area (Å²) >= 11 is 3.71. The van der Waals surface area contributed by atoms with Crippen molar-refractivity contribution in [1.82, 2.24) is 5.32 Å². The Kier molecular flexibility index (Phi) is 7.13. The van der Waals surface area contributed by atoms with Crippen LogP contribution in [-0.4, -0.2) is 25.5 Å². The van der Waals surface area contributed by atoms with Gasteiger partial charge in [0, 0.05) is 26.9 Å². The maximum Gasteiger partial charge on any atom is 0.336 e. The lowest BCUT2D eigenvalue weighted by Crippen LogP contribution is -2.29. The van der Waals surface area contributed by atoms with Crippen molar-refractivity contribution in [3.8, 4) is 11.5 Å². The standard InChI is InChI=1S/C31H28BrNO5/c1-5-37-24-14-22(23(32)15-25(24)38-16-19-12-10-17(2)11-13-19)27-26(31(35)36-4)18(3)33-29-20-8-6-7-9-21(20)30(34)28(27)29/h6-15,27,33H,5,16H2,1-4H3/t27-/m1/s1. The van der Waals surface area contributed by atoms with E-state index in [1.165, 1.54) is 12.7 Å². The largest absolute Gasteiger partial charge is 0.490 e. The summed E-state index contributed by atoms with van der Waals surface area (Å²) in [6.07, 6.45) is 0. The molecule has 0 bridgehead atoms. The van der Waals surface area contributed by atoms with Gasteiger partial charge in [0.2, 0.25) is 0 Å². The monoisotopic (exact) mass is 573 g/mol. The topological polar surface area (TPSA) is 73.9 Å². The molecule has 7 heteroatoms. The van der Waals surface area contributed by atoms with Crippen molar-refractivity contribution in [2.75, 3.05) is 13.7 Å². The molecule has 1 heterocycles. The van der Waals surface area contributed by atoms with Crippen LogP contribution in [0.2, 0.25) is 0 Å². The first-order chi connectivity index (χ1) is 18.3. The van der Waals surface area contributed by atoms with Gasteiger partial charge < -0.3 is 19.5 Å². The fraction of sp³-hybridized carbons (Fsp3) is 0.226. The number of fused-ring (bicyclic) bond motifs is 2. The second kappa shape index (κ2) is 10.5. The number of Topliss-reactive ketones (excluding diaryl/α,β-unsaturated/α-hetero) is 1. The number of esters is 1. The van der Waals surface area contributed by atoms with Crippen LogP contribution in [0.1, 0.15) is 52.4 Å². The van der Waals surface area contributed by atoms with E-state index < -0.39 is 11.9 Å². The highest BCUT2D eigenvalue weighted by Gasteiger charge is 2.43. The van der Waals surface area contributed by atoms with Crippen molar-refractivity contribution in [2.24, 2.45) is 0 Å². The van der Waals surface area contributed by atoms with Gasteiger partial charge in [-0.2, -0.15) is 0 Å². The number of benzene rings is 3. The molecule has 0 saturated heterocycles. The van der Waals surface area contributed by atoms with Gasteiger partial charge in [-0.25, -0.2) is 4.79 Å². The van der Waals surface area contributed by atoms with E-state index in [1.807, 2.05) is 81.4 Å². The van der Waals surface area contributed by atoms with Gasteiger partial charge in [-0.3, -0.25) is 4.79 Å². The van der Waals surface area contributed by atoms with E-state index >= 15 is 0 Å². The fourth-order valence-electron chi connectivity index (χ4n) is 5.02. The highest BCUT2D eigenvalue weighted by Crippen LogP contribution is 2.50. The molecule has 6 nitrogen and oxygen atoms in total. The number of hydrogen-bond donors (Lipinski definition) is 1. The molecule has 1 aliphatic carbocycles. The summed E-state index contributed by atoms with van der Waals surface area (Å²) in [5.41, 5.74) is 6.59. The maximum absolute atomic E-state index is 13.7. The number of rotatable bonds is 7. The van der Waals surface area contributed by atoms with Crippen LogP contribution in [0.25, 0.3) is 5.70 Å². The lowest BCUT2D eigenvalue weighted by molar-refractivity contribution is -0.136. The SMILES string of the molecule is CCOc1cc([C@@H]2C(C(=O)OC)=C(C)NC3=C2C(=O)c2ccccc23)c(Br)cc1OCc1ccc(C)cc1. The van der Waals surface area contributed by atoms with E-state index in [1.54, 1.807) is 0 Å². The molecule has 0 unspecified atom stereocenters. The zero-order valence-corrected chi connectivity index (χ0v) is 23.3. The zero-order chi connectivity index (χ0) is 27.0. The fourth-order valence-corrected chi connectivity index (χ4v) is 5.57. The Hall–Kier alpha value is -3.84. The number of dihydropyridines is 1. The number of hydrogen-bond acceptors (Lipinski definition) is 6. The molecule has 1 atom stereocenters. The Balaban J connectivity index is 1.61. The quantitative estimate of drug-likeness (QED) is 0.326. The molecule has 3 aromatic carbocycles. The molecule has 0 spiro atoms. The molecule has 194 valence electrons. The number of aryl methyl sites for hydroxylation is 1. The first kappa shape index (κ1) is 25.8. The van der Waals surface area contributed by atoms with Crippen LogP contribution in [0.5, 0.6) is 11.5 Å². The molecule has 1 N–H and O–H groups in total. The lowest BCUT2D eigenvalue weighted by Gasteiger charge is -2.30. The number of allylic oxidation sites excluding steroid dienone is 2. The average Bonchev–Trinajstić information content (AvgIpc) is 3.20. The van der Waals surface area contributed by atoms with E-state index in [9.17, 15) is 9.59 Å². The third-order valence-electron chi connectivity index (χ3n) is 6.84. The molecule has 5 rings (SSSR count). The number of methoxy groups -OCH3 is 1. The van der Waals surface area contributed by atoms with Crippen LogP contribution in [-0.2, 0) is 16.1 Å². The van der Waals surface area contributed by atoms with Crippen molar-refractivity contribution in [1.29, 1.82) is 0 Å². The number of ketones is 1. The second-order valence-electron chi connectivity index (χ2n) is 9.28. The molecule has 3 aromatic rings. The normalized spacial score (nSPS) is 16.1. The van der Waals surface area contributed by atoms with Gasteiger partial charge in [0.15, 0.2) is 17.3 Å². The smallest absolute Gasteiger partial charge is 0.336 e. The molecular weight excluding hydrogens is 546 g/mol. The molecular formula is C31H28BrNO5. The highest BCUT2D eigenvalue weighted by molar-refractivity contribution is 9.10. The van der Waals surface area contributed by atoms with Crippen molar-refractivity contribution >= 4 is 33.4 Å². The molecule has 0 fully saturated rings. The van der Waals surface area contributed by atoms with Crippen molar-refractivity contribution in [3.05, 3.63) is 110 Å². The van der Waals surface area contributed by atoms with Crippen LogP contribution in [0.4, 0.5) is 0 Å².